The lowest BCUT2D eigenvalue weighted by atomic mass is 10.2. The van der Waals surface area contributed by atoms with Crippen LogP contribution < -0.4 is 10.0 Å². The molecule has 3 aromatic rings. The maximum atomic E-state index is 12.6. The molecule has 1 amide bonds. The first-order valence-electron chi connectivity index (χ1n) is 9.76. The normalized spacial score (nSPS) is 13.2. The fourth-order valence-corrected chi connectivity index (χ4v) is 4.16. The van der Waals surface area contributed by atoms with E-state index in [0.717, 1.165) is 11.4 Å². The largest absolute Gasteiger partial charge is 0.452 e. The molecule has 3 heterocycles. The first-order valence-corrected chi connectivity index (χ1v) is 11.3. The number of benzene rings is 1. The number of carbonyl (C=O) groups is 2. The number of aryl methyl sites for hydroxylation is 2. The maximum absolute atomic E-state index is 12.6. The average molecular weight is 455 g/mol. The van der Waals surface area contributed by atoms with Crippen molar-refractivity contribution in [2.75, 3.05) is 18.1 Å². The van der Waals surface area contributed by atoms with Gasteiger partial charge in [0.25, 0.3) is 5.91 Å². The van der Waals surface area contributed by atoms with Crippen molar-refractivity contribution in [3.8, 4) is 5.82 Å². The lowest BCUT2D eigenvalue weighted by Crippen LogP contribution is -2.33. The predicted molar refractivity (Wildman–Crippen MR) is 115 cm³/mol. The van der Waals surface area contributed by atoms with Crippen molar-refractivity contribution in [2.24, 2.45) is 5.14 Å². The fourth-order valence-electron chi connectivity index (χ4n) is 3.60. The Morgan fingerprint density at radius 3 is 2.56 bits per heavy atom. The number of aromatic nitrogens is 3. The van der Waals surface area contributed by atoms with Gasteiger partial charge in [-0.25, -0.2) is 28.0 Å². The zero-order valence-corrected chi connectivity index (χ0v) is 18.3. The van der Waals surface area contributed by atoms with Gasteiger partial charge in [0.15, 0.2) is 12.4 Å². The molecule has 10 nitrogen and oxygen atoms in total. The first-order chi connectivity index (χ1) is 15.1. The standard InChI is InChI=1S/C21H21N5O5S/c1-13-9-14(2)26(24-13)19-6-3-16(11-23-19)21(28)31-12-20(27)25-8-7-15-10-17(32(22,29)30)4-5-18(15)25/h3-6,9-11H,7-8,12H2,1-2H3,(H2,22,29,30). The van der Waals surface area contributed by atoms with E-state index in [1.807, 2.05) is 19.9 Å². The van der Waals surface area contributed by atoms with Crippen LogP contribution in [0.15, 0.2) is 47.5 Å². The van der Waals surface area contributed by atoms with Crippen molar-refractivity contribution >= 4 is 27.6 Å². The van der Waals surface area contributed by atoms with Gasteiger partial charge in [-0.3, -0.25) is 4.79 Å². The summed E-state index contributed by atoms with van der Waals surface area (Å²) < 4.78 is 29.8. The Morgan fingerprint density at radius 2 is 1.94 bits per heavy atom. The number of anilines is 1. The lowest BCUT2D eigenvalue weighted by molar-refractivity contribution is -0.121. The topological polar surface area (TPSA) is 137 Å². The molecule has 11 heteroatoms. The molecule has 0 radical (unpaired) electrons. The number of fused-ring (bicyclic) bond motifs is 1. The number of nitrogens with zero attached hydrogens (tertiary/aromatic N) is 4. The van der Waals surface area contributed by atoms with Crippen molar-refractivity contribution < 1.29 is 22.7 Å². The van der Waals surface area contributed by atoms with Crippen LogP contribution in [0.3, 0.4) is 0 Å². The Morgan fingerprint density at radius 1 is 1.16 bits per heavy atom. The Bertz CT molecular complexity index is 1310. The number of rotatable bonds is 5. The van der Waals surface area contributed by atoms with Crippen LogP contribution in [0.1, 0.15) is 27.3 Å². The van der Waals surface area contributed by atoms with Crippen LogP contribution in [0, 0.1) is 13.8 Å². The van der Waals surface area contributed by atoms with Gasteiger partial charge in [0.1, 0.15) is 0 Å². The van der Waals surface area contributed by atoms with Crippen molar-refractivity contribution in [3.05, 3.63) is 65.1 Å². The quantitative estimate of drug-likeness (QED) is 0.572. The molecule has 32 heavy (non-hydrogen) atoms. The Balaban J connectivity index is 1.40. The summed E-state index contributed by atoms with van der Waals surface area (Å²) in [5, 5.41) is 9.50. The van der Waals surface area contributed by atoms with E-state index in [2.05, 4.69) is 10.1 Å². The van der Waals surface area contributed by atoms with Crippen LogP contribution in [-0.2, 0) is 26.0 Å². The summed E-state index contributed by atoms with van der Waals surface area (Å²) in [6.07, 6.45) is 1.86. The van der Waals surface area contributed by atoms with Gasteiger partial charge in [0, 0.05) is 24.1 Å². The first kappa shape index (κ1) is 21.7. The van der Waals surface area contributed by atoms with Crippen molar-refractivity contribution in [3.63, 3.8) is 0 Å². The van der Waals surface area contributed by atoms with Crippen LogP contribution in [0.2, 0.25) is 0 Å². The number of ether oxygens (including phenoxy) is 1. The van der Waals surface area contributed by atoms with Gasteiger partial charge in [-0.05, 0) is 62.2 Å². The fraction of sp³-hybridized carbons (Fsp3) is 0.238. The molecule has 4 rings (SSSR count). The summed E-state index contributed by atoms with van der Waals surface area (Å²) in [5.74, 6) is -0.516. The monoisotopic (exact) mass is 455 g/mol. The maximum Gasteiger partial charge on any atom is 0.340 e. The molecule has 0 fully saturated rings. The van der Waals surface area contributed by atoms with E-state index in [1.165, 1.54) is 29.3 Å². The zero-order chi connectivity index (χ0) is 23.0. The summed E-state index contributed by atoms with van der Waals surface area (Å²) in [7, 11) is -3.82. The minimum Gasteiger partial charge on any atom is -0.452 e. The molecule has 2 aromatic heterocycles. The highest BCUT2D eigenvalue weighted by Gasteiger charge is 2.27. The predicted octanol–water partition coefficient (Wildman–Crippen LogP) is 1.28. The summed E-state index contributed by atoms with van der Waals surface area (Å²) in [4.78, 5) is 30.6. The van der Waals surface area contributed by atoms with E-state index < -0.39 is 28.5 Å². The minimum atomic E-state index is -3.82. The highest BCUT2D eigenvalue weighted by atomic mass is 32.2. The molecule has 0 saturated carbocycles. The number of esters is 1. The molecule has 0 atom stereocenters. The van der Waals surface area contributed by atoms with Gasteiger partial charge in [0.05, 0.1) is 16.2 Å². The molecule has 0 saturated heterocycles. The molecule has 1 aliphatic heterocycles. The molecule has 166 valence electrons. The molecular weight excluding hydrogens is 434 g/mol. The average Bonchev–Trinajstić information content (AvgIpc) is 3.33. The smallest absolute Gasteiger partial charge is 0.340 e. The number of pyridine rings is 1. The Kier molecular flexibility index (Phi) is 5.53. The van der Waals surface area contributed by atoms with Crippen molar-refractivity contribution in [1.29, 1.82) is 0 Å². The highest BCUT2D eigenvalue weighted by Crippen LogP contribution is 2.30. The van der Waals surface area contributed by atoms with E-state index in [0.29, 0.717) is 30.0 Å². The SMILES string of the molecule is Cc1cc(C)n(-c2ccc(C(=O)OCC(=O)N3CCc4cc(S(N)(=O)=O)ccc43)cn2)n1. The van der Waals surface area contributed by atoms with Gasteiger partial charge in [-0.1, -0.05) is 0 Å². The van der Waals surface area contributed by atoms with Crippen LogP contribution in [0.5, 0.6) is 0 Å². The third-order valence-electron chi connectivity index (χ3n) is 5.11. The molecule has 0 unspecified atom stereocenters. The van der Waals surface area contributed by atoms with E-state index in [-0.39, 0.29) is 10.5 Å². The van der Waals surface area contributed by atoms with Crippen LogP contribution in [0.4, 0.5) is 5.69 Å². The van der Waals surface area contributed by atoms with E-state index in [1.54, 1.807) is 16.8 Å². The van der Waals surface area contributed by atoms with Crippen molar-refractivity contribution in [1.82, 2.24) is 14.8 Å². The van der Waals surface area contributed by atoms with E-state index in [4.69, 9.17) is 9.88 Å². The Hall–Kier alpha value is -3.57. The second kappa shape index (κ2) is 8.17. The number of sulfonamides is 1. The summed E-state index contributed by atoms with van der Waals surface area (Å²) in [6, 6.07) is 9.47. The number of nitrogens with two attached hydrogens (primary N) is 1. The van der Waals surface area contributed by atoms with Gasteiger partial charge in [-0.2, -0.15) is 5.10 Å². The molecule has 0 bridgehead atoms. The Labute approximate surface area is 184 Å². The molecule has 1 aromatic carbocycles. The molecule has 1 aliphatic rings. The minimum absolute atomic E-state index is 0.00612. The molecule has 2 N–H and O–H groups in total. The van der Waals surface area contributed by atoms with Crippen LogP contribution >= 0.6 is 0 Å². The van der Waals surface area contributed by atoms with Crippen LogP contribution in [0.25, 0.3) is 5.82 Å². The number of amides is 1. The number of carbonyl (C=O) groups excluding carboxylic acids is 2. The zero-order valence-electron chi connectivity index (χ0n) is 17.5. The van der Waals surface area contributed by atoms with Gasteiger partial charge < -0.3 is 9.64 Å². The number of hydrogen-bond donors (Lipinski definition) is 1. The molecule has 0 aliphatic carbocycles. The molecule has 0 spiro atoms. The van der Waals surface area contributed by atoms with Gasteiger partial charge in [-0.15, -0.1) is 0 Å². The second-order valence-corrected chi connectivity index (χ2v) is 9.01. The van der Waals surface area contributed by atoms with Crippen molar-refractivity contribution in [2.45, 2.75) is 25.2 Å². The lowest BCUT2D eigenvalue weighted by Gasteiger charge is -2.17. The highest BCUT2D eigenvalue weighted by molar-refractivity contribution is 7.89. The van der Waals surface area contributed by atoms with E-state index in [9.17, 15) is 18.0 Å². The second-order valence-electron chi connectivity index (χ2n) is 7.45. The number of primary sulfonamides is 1. The summed E-state index contributed by atoms with van der Waals surface area (Å²) in [5.41, 5.74) is 3.26. The third-order valence-corrected chi connectivity index (χ3v) is 6.02. The van der Waals surface area contributed by atoms with E-state index >= 15 is 0 Å². The summed E-state index contributed by atoms with van der Waals surface area (Å²) >= 11 is 0. The molecular formula is C21H21N5O5S. The third kappa shape index (κ3) is 4.25. The number of hydrogen-bond acceptors (Lipinski definition) is 7. The summed E-state index contributed by atoms with van der Waals surface area (Å²) in [6.45, 7) is 3.69. The van der Waals surface area contributed by atoms with Gasteiger partial charge in [0.2, 0.25) is 10.0 Å². The van der Waals surface area contributed by atoms with Crippen LogP contribution in [-0.4, -0.2) is 48.2 Å². The van der Waals surface area contributed by atoms with Gasteiger partial charge >= 0.3 is 5.97 Å².